The van der Waals surface area contributed by atoms with Crippen LogP contribution in [0.15, 0.2) is 58.7 Å². The zero-order valence-corrected chi connectivity index (χ0v) is 18.7. The SMILES string of the molecule is COc1cc(C(=O)c2c(O)[nH]c3cc(Cl)c(-c4ccc(OCc5cncs5)cc4)cc23)on1. The fourth-order valence-corrected chi connectivity index (χ4v) is 4.21. The summed E-state index contributed by atoms with van der Waals surface area (Å²) in [7, 11) is 1.42. The van der Waals surface area contributed by atoms with Crippen LogP contribution in [-0.2, 0) is 6.61 Å². The van der Waals surface area contributed by atoms with Crippen LogP contribution in [0.1, 0.15) is 21.0 Å². The predicted octanol–water partition coefficient (Wildman–Crippen LogP) is 5.46. The molecule has 0 bridgehead atoms. The molecule has 5 aromatic rings. The highest BCUT2D eigenvalue weighted by atomic mass is 35.5. The largest absolute Gasteiger partial charge is 0.494 e. The average molecular weight is 482 g/mol. The quantitative estimate of drug-likeness (QED) is 0.297. The summed E-state index contributed by atoms with van der Waals surface area (Å²) in [5.74, 6) is -0.000125. The number of H-pyrrole nitrogens is 1. The van der Waals surface area contributed by atoms with Gasteiger partial charge in [-0.05, 0) is 35.0 Å². The second-order valence-electron chi connectivity index (χ2n) is 7.07. The van der Waals surface area contributed by atoms with E-state index in [0.29, 0.717) is 33.8 Å². The first-order valence-electron chi connectivity index (χ1n) is 9.73. The van der Waals surface area contributed by atoms with Crippen molar-refractivity contribution in [1.29, 1.82) is 0 Å². The van der Waals surface area contributed by atoms with Gasteiger partial charge < -0.3 is 24.1 Å². The molecule has 2 N–H and O–H groups in total. The summed E-state index contributed by atoms with van der Waals surface area (Å²) in [4.78, 5) is 20.8. The number of hydrogen-bond acceptors (Lipinski definition) is 8. The lowest BCUT2D eigenvalue weighted by atomic mass is 10.0. The number of ether oxygens (including phenoxy) is 2. The van der Waals surface area contributed by atoms with E-state index in [0.717, 1.165) is 10.4 Å². The van der Waals surface area contributed by atoms with Crippen molar-refractivity contribution in [2.24, 2.45) is 0 Å². The summed E-state index contributed by atoms with van der Waals surface area (Å²) >= 11 is 8.05. The molecule has 0 aliphatic rings. The van der Waals surface area contributed by atoms with E-state index in [1.807, 2.05) is 24.3 Å². The van der Waals surface area contributed by atoms with Crippen LogP contribution in [0.2, 0.25) is 5.02 Å². The minimum absolute atomic E-state index is 0.0537. The highest BCUT2D eigenvalue weighted by molar-refractivity contribution is 7.09. The molecule has 0 unspecified atom stereocenters. The van der Waals surface area contributed by atoms with Gasteiger partial charge in [0.2, 0.25) is 17.4 Å². The van der Waals surface area contributed by atoms with Gasteiger partial charge in [0.25, 0.3) is 5.88 Å². The standard InChI is InChI=1S/C23H16ClN3O5S/c1-30-20-8-19(32-27-20)22(28)21-16-6-15(17(24)7-18(16)26-23(21)29)12-2-4-13(5-3-12)31-10-14-9-25-11-33-14/h2-9,11,26,29H,10H2,1H3. The smallest absolute Gasteiger partial charge is 0.254 e. The van der Waals surface area contributed by atoms with Crippen molar-refractivity contribution < 1.29 is 23.9 Å². The van der Waals surface area contributed by atoms with Gasteiger partial charge in [0.05, 0.1) is 39.7 Å². The van der Waals surface area contributed by atoms with Crippen LogP contribution in [0.5, 0.6) is 17.5 Å². The summed E-state index contributed by atoms with van der Waals surface area (Å²) in [5, 5.41) is 15.0. The minimum Gasteiger partial charge on any atom is -0.494 e. The first kappa shape index (κ1) is 21.0. The zero-order valence-electron chi connectivity index (χ0n) is 17.2. The Labute approximate surface area is 196 Å². The van der Waals surface area contributed by atoms with Crippen LogP contribution in [0.3, 0.4) is 0 Å². The molecule has 0 spiro atoms. The van der Waals surface area contributed by atoms with Crippen LogP contribution >= 0.6 is 22.9 Å². The Bertz CT molecular complexity index is 1440. The number of hydrogen-bond donors (Lipinski definition) is 2. The number of aromatic hydroxyl groups is 1. The summed E-state index contributed by atoms with van der Waals surface area (Å²) < 4.78 is 15.8. The van der Waals surface area contributed by atoms with E-state index >= 15 is 0 Å². The second kappa shape index (κ2) is 8.61. The van der Waals surface area contributed by atoms with Crippen LogP contribution < -0.4 is 9.47 Å². The minimum atomic E-state index is -0.533. The molecule has 0 amide bonds. The van der Waals surface area contributed by atoms with Crippen molar-refractivity contribution in [3.63, 3.8) is 0 Å². The van der Waals surface area contributed by atoms with Crippen molar-refractivity contribution in [3.05, 3.63) is 75.4 Å². The van der Waals surface area contributed by atoms with Gasteiger partial charge in [-0.3, -0.25) is 9.78 Å². The lowest BCUT2D eigenvalue weighted by Gasteiger charge is -2.08. The molecule has 0 atom stereocenters. The fourth-order valence-electron chi connectivity index (χ4n) is 3.44. The molecule has 0 aliphatic heterocycles. The van der Waals surface area contributed by atoms with Gasteiger partial charge in [0.15, 0.2) is 0 Å². The fraction of sp³-hybridized carbons (Fsp3) is 0.0870. The van der Waals surface area contributed by atoms with E-state index in [1.165, 1.54) is 24.5 Å². The van der Waals surface area contributed by atoms with Crippen LogP contribution in [-0.4, -0.2) is 33.1 Å². The van der Waals surface area contributed by atoms with Crippen molar-refractivity contribution in [2.75, 3.05) is 7.11 Å². The molecule has 8 nitrogen and oxygen atoms in total. The Morgan fingerprint density at radius 3 is 2.76 bits per heavy atom. The Morgan fingerprint density at radius 1 is 1.24 bits per heavy atom. The molecule has 0 aliphatic carbocycles. The maximum absolute atomic E-state index is 13.0. The highest BCUT2D eigenvalue weighted by Crippen LogP contribution is 2.38. The number of halogens is 1. The molecular weight excluding hydrogens is 466 g/mol. The van der Waals surface area contributed by atoms with Gasteiger partial charge in [0, 0.05) is 17.1 Å². The lowest BCUT2D eigenvalue weighted by molar-refractivity contribution is 0.0999. The molecule has 3 heterocycles. The number of rotatable bonds is 7. The number of nitrogens with zero attached hydrogens (tertiary/aromatic N) is 2. The molecule has 0 fully saturated rings. The summed E-state index contributed by atoms with van der Waals surface area (Å²) in [5.41, 5.74) is 3.86. The molecule has 5 rings (SSSR count). The maximum atomic E-state index is 13.0. The number of carbonyl (C=O) groups is 1. The predicted molar refractivity (Wildman–Crippen MR) is 123 cm³/mol. The van der Waals surface area contributed by atoms with Crippen molar-refractivity contribution >= 4 is 39.6 Å². The number of carbonyl (C=O) groups excluding carboxylic acids is 1. The van der Waals surface area contributed by atoms with Gasteiger partial charge in [-0.25, -0.2) is 0 Å². The van der Waals surface area contributed by atoms with Gasteiger partial charge in [-0.1, -0.05) is 23.7 Å². The second-order valence-corrected chi connectivity index (χ2v) is 8.45. The Balaban J connectivity index is 1.48. The van der Waals surface area contributed by atoms with Crippen LogP contribution in [0.4, 0.5) is 0 Å². The third-order valence-corrected chi connectivity index (χ3v) is 6.11. The topological polar surface area (TPSA) is 110 Å². The van der Waals surface area contributed by atoms with Crippen molar-refractivity contribution in [1.82, 2.24) is 15.1 Å². The van der Waals surface area contributed by atoms with Crippen molar-refractivity contribution in [2.45, 2.75) is 6.61 Å². The van der Waals surface area contributed by atoms with Gasteiger partial charge >= 0.3 is 0 Å². The maximum Gasteiger partial charge on any atom is 0.254 e. The Hall–Kier alpha value is -3.82. The lowest BCUT2D eigenvalue weighted by Crippen LogP contribution is -1.99. The number of aromatic amines is 1. The summed E-state index contributed by atoms with van der Waals surface area (Å²) in [6.07, 6.45) is 1.77. The van der Waals surface area contributed by atoms with E-state index in [9.17, 15) is 9.90 Å². The monoisotopic (exact) mass is 481 g/mol. The Kier molecular flexibility index (Phi) is 5.49. The molecule has 166 valence electrons. The van der Waals surface area contributed by atoms with E-state index in [-0.39, 0.29) is 23.1 Å². The van der Waals surface area contributed by atoms with Crippen LogP contribution in [0, 0.1) is 0 Å². The summed E-state index contributed by atoms with van der Waals surface area (Å²) in [6.45, 7) is 0.442. The number of thiazole rings is 1. The van der Waals surface area contributed by atoms with Gasteiger partial charge in [0.1, 0.15) is 12.4 Å². The molecule has 0 radical (unpaired) electrons. The molecule has 10 heteroatoms. The van der Waals surface area contributed by atoms with E-state index in [2.05, 4.69) is 15.1 Å². The van der Waals surface area contributed by atoms with E-state index in [4.69, 9.17) is 25.6 Å². The number of ketones is 1. The molecular formula is C23H16ClN3O5S. The average Bonchev–Trinajstić information content (AvgIpc) is 3.57. The first-order valence-corrected chi connectivity index (χ1v) is 11.0. The highest BCUT2D eigenvalue weighted by Gasteiger charge is 2.25. The Morgan fingerprint density at radius 2 is 2.06 bits per heavy atom. The number of fused-ring (bicyclic) bond motifs is 1. The molecule has 0 saturated heterocycles. The number of methoxy groups -OCH3 is 1. The van der Waals surface area contributed by atoms with Gasteiger partial charge in [-0.2, -0.15) is 0 Å². The molecule has 3 aromatic heterocycles. The van der Waals surface area contributed by atoms with Crippen LogP contribution in [0.25, 0.3) is 22.0 Å². The summed E-state index contributed by atoms with van der Waals surface area (Å²) in [6, 6.07) is 12.2. The van der Waals surface area contributed by atoms with Gasteiger partial charge in [-0.15, -0.1) is 11.3 Å². The molecule has 33 heavy (non-hydrogen) atoms. The third-order valence-electron chi connectivity index (χ3n) is 5.04. The number of nitrogens with one attached hydrogen (secondary N) is 1. The third kappa shape index (κ3) is 4.04. The first-order chi connectivity index (χ1) is 16.0. The number of benzene rings is 2. The van der Waals surface area contributed by atoms with Crippen molar-refractivity contribution in [3.8, 4) is 28.6 Å². The van der Waals surface area contributed by atoms with E-state index < -0.39 is 5.78 Å². The molecule has 0 saturated carbocycles. The van der Waals surface area contributed by atoms with E-state index in [1.54, 1.807) is 23.8 Å². The zero-order chi connectivity index (χ0) is 22.9. The molecule has 2 aromatic carbocycles. The number of aromatic nitrogens is 3. The normalized spacial score (nSPS) is 11.1.